The van der Waals surface area contributed by atoms with Crippen molar-refractivity contribution in [3.05, 3.63) is 81.9 Å². The quantitative estimate of drug-likeness (QED) is 0.193. The van der Waals surface area contributed by atoms with Gasteiger partial charge in [0.2, 0.25) is 0 Å². The fourth-order valence-corrected chi connectivity index (χ4v) is 5.33. The minimum atomic E-state index is -1.04. The average Bonchev–Trinajstić information content (AvgIpc) is 3.29. The summed E-state index contributed by atoms with van der Waals surface area (Å²) in [5.41, 5.74) is 2.09. The van der Waals surface area contributed by atoms with Gasteiger partial charge in [-0.2, -0.15) is 5.06 Å². The second-order valence-corrected chi connectivity index (χ2v) is 10.8. The first-order chi connectivity index (χ1) is 20.3. The third-order valence-electron chi connectivity index (χ3n) is 7.00. The van der Waals surface area contributed by atoms with Crippen LogP contribution in [0.1, 0.15) is 34.7 Å². The molecule has 222 valence electrons. The number of carboxylic acids is 1. The van der Waals surface area contributed by atoms with Gasteiger partial charge in [-0.05, 0) is 55.3 Å². The molecule has 1 aliphatic heterocycles. The van der Waals surface area contributed by atoms with Gasteiger partial charge >= 0.3 is 5.97 Å². The molecule has 3 N–H and O–H groups in total. The van der Waals surface area contributed by atoms with Gasteiger partial charge in [0.15, 0.2) is 0 Å². The molecule has 0 bridgehead atoms. The first-order valence-corrected chi connectivity index (χ1v) is 14.2. The van der Waals surface area contributed by atoms with Crippen molar-refractivity contribution >= 4 is 40.2 Å². The highest BCUT2D eigenvalue weighted by Crippen LogP contribution is 2.29. The number of ether oxygens (including phenoxy) is 2. The Balaban J connectivity index is 1.20. The summed E-state index contributed by atoms with van der Waals surface area (Å²) in [5, 5.41) is 30.9. The molecular weight excluding hydrogens is 585 g/mol. The number of hydrogen-bond donors (Lipinski definition) is 3. The molecule has 11 nitrogen and oxygen atoms in total. The fourth-order valence-electron chi connectivity index (χ4n) is 4.86. The van der Waals surface area contributed by atoms with Crippen LogP contribution in [-0.4, -0.2) is 78.2 Å². The second kappa shape index (κ2) is 13.7. The van der Waals surface area contributed by atoms with Gasteiger partial charge in [0.1, 0.15) is 36.7 Å². The molecule has 3 heterocycles. The first kappa shape index (κ1) is 30.0. The van der Waals surface area contributed by atoms with E-state index in [-0.39, 0.29) is 38.1 Å². The largest absolute Gasteiger partial charge is 0.490 e. The molecule has 2 aromatic carbocycles. The van der Waals surface area contributed by atoms with Gasteiger partial charge in [-0.15, -0.1) is 0 Å². The number of imidazole rings is 1. The van der Waals surface area contributed by atoms with Crippen molar-refractivity contribution in [1.82, 2.24) is 24.5 Å². The van der Waals surface area contributed by atoms with Crippen molar-refractivity contribution in [1.29, 1.82) is 0 Å². The van der Waals surface area contributed by atoms with Crippen LogP contribution in [-0.2, 0) is 19.8 Å². The highest BCUT2D eigenvalue weighted by atomic mass is 35.5. The van der Waals surface area contributed by atoms with Crippen molar-refractivity contribution < 1.29 is 29.7 Å². The van der Waals surface area contributed by atoms with E-state index >= 15 is 0 Å². The molecule has 1 saturated heterocycles. The molecule has 1 aliphatic rings. The predicted octanol–water partition coefficient (Wildman–Crippen LogP) is 4.70. The summed E-state index contributed by atoms with van der Waals surface area (Å²) >= 11 is 12.1. The third-order valence-corrected chi connectivity index (χ3v) is 7.53. The summed E-state index contributed by atoms with van der Waals surface area (Å²) in [4.78, 5) is 22.9. The van der Waals surface area contributed by atoms with Crippen molar-refractivity contribution in [2.24, 2.45) is 0 Å². The van der Waals surface area contributed by atoms with Gasteiger partial charge in [0, 0.05) is 36.9 Å². The van der Waals surface area contributed by atoms with Crippen LogP contribution >= 0.6 is 23.2 Å². The molecule has 0 atom stereocenters. The Kier molecular flexibility index (Phi) is 9.78. The van der Waals surface area contributed by atoms with Crippen LogP contribution in [0.4, 0.5) is 0 Å². The zero-order chi connectivity index (χ0) is 29.6. The van der Waals surface area contributed by atoms with Crippen molar-refractivity contribution in [2.75, 3.05) is 26.2 Å². The number of aromatic nitrogens is 3. The van der Waals surface area contributed by atoms with Gasteiger partial charge < -0.3 is 29.5 Å². The Bertz CT molecular complexity index is 1540. The normalized spacial score (nSPS) is 14.5. The molecule has 2 aromatic heterocycles. The molecule has 42 heavy (non-hydrogen) atoms. The standard InChI is InChI=1S/C29H31Cl2N5O6/c30-20-2-4-27(24(31)14-20)41-17-21-15-23(5-8-32-21)42-22-6-9-34(10-7-22)16-28-33-25-3-1-19(29(38)39)13-26(25)36(28)18-35(40)11-12-37/h1-5,8,13-15,22,37,40H,6-7,9-12,16-18H2,(H,38,39). The van der Waals surface area contributed by atoms with Gasteiger partial charge in [-0.1, -0.05) is 23.2 Å². The number of nitrogens with zero attached hydrogens (tertiary/aromatic N) is 5. The number of piperidine rings is 1. The van der Waals surface area contributed by atoms with E-state index in [1.54, 1.807) is 41.1 Å². The Morgan fingerprint density at radius 3 is 2.64 bits per heavy atom. The van der Waals surface area contributed by atoms with Crippen LogP contribution in [0.2, 0.25) is 10.0 Å². The van der Waals surface area contributed by atoms with E-state index in [4.69, 9.17) is 37.7 Å². The van der Waals surface area contributed by atoms with Crippen molar-refractivity contribution in [3.63, 3.8) is 0 Å². The summed E-state index contributed by atoms with van der Waals surface area (Å²) in [6, 6.07) is 13.5. The van der Waals surface area contributed by atoms with E-state index in [0.717, 1.165) is 31.0 Å². The lowest BCUT2D eigenvalue weighted by Gasteiger charge is -2.32. The molecule has 0 aliphatic carbocycles. The monoisotopic (exact) mass is 615 g/mol. The fraction of sp³-hybridized carbons (Fsp3) is 0.345. The molecule has 13 heteroatoms. The molecule has 5 rings (SSSR count). The number of hydroxylamine groups is 2. The maximum absolute atomic E-state index is 11.5. The van der Waals surface area contributed by atoms with Crippen LogP contribution in [0.5, 0.6) is 11.5 Å². The van der Waals surface area contributed by atoms with E-state index in [1.165, 1.54) is 6.07 Å². The molecule has 4 aromatic rings. The topological polar surface area (TPSA) is 133 Å². The minimum Gasteiger partial charge on any atom is -0.490 e. The predicted molar refractivity (Wildman–Crippen MR) is 156 cm³/mol. The van der Waals surface area contributed by atoms with Gasteiger partial charge in [-0.3, -0.25) is 9.88 Å². The summed E-state index contributed by atoms with van der Waals surface area (Å²) in [5.74, 6) is 0.900. The summed E-state index contributed by atoms with van der Waals surface area (Å²) < 4.78 is 13.9. The number of rotatable bonds is 12. The van der Waals surface area contributed by atoms with Crippen LogP contribution in [0, 0.1) is 0 Å². The number of benzene rings is 2. The number of likely N-dealkylation sites (tertiary alicyclic amines) is 1. The number of aliphatic hydroxyl groups is 1. The lowest BCUT2D eigenvalue weighted by atomic mass is 10.1. The zero-order valence-corrected chi connectivity index (χ0v) is 24.2. The van der Waals surface area contributed by atoms with Gasteiger partial charge in [0.05, 0.1) is 40.5 Å². The molecule has 0 saturated carbocycles. The SMILES string of the molecule is O=C(O)c1ccc2nc(CN3CCC(Oc4ccnc(COc5ccc(Cl)cc5Cl)c4)CC3)n(CN(O)CCO)c2c1. The molecule has 0 radical (unpaired) electrons. The first-order valence-electron chi connectivity index (χ1n) is 13.5. The number of fused-ring (bicyclic) bond motifs is 1. The van der Waals surface area contributed by atoms with Crippen LogP contribution in [0.25, 0.3) is 11.0 Å². The maximum atomic E-state index is 11.5. The zero-order valence-electron chi connectivity index (χ0n) is 22.7. The summed E-state index contributed by atoms with van der Waals surface area (Å²) in [7, 11) is 0. The molecule has 1 fully saturated rings. The van der Waals surface area contributed by atoms with E-state index in [2.05, 4.69) is 9.88 Å². The lowest BCUT2D eigenvalue weighted by Crippen LogP contribution is -2.38. The number of hydrogen-bond acceptors (Lipinski definition) is 9. The number of carbonyl (C=O) groups is 1. The Morgan fingerprint density at radius 1 is 1.10 bits per heavy atom. The van der Waals surface area contributed by atoms with Crippen LogP contribution in [0.15, 0.2) is 54.7 Å². The minimum absolute atomic E-state index is 0.0255. The summed E-state index contributed by atoms with van der Waals surface area (Å²) in [6.07, 6.45) is 3.31. The van der Waals surface area contributed by atoms with Gasteiger partial charge in [-0.25, -0.2) is 9.78 Å². The Morgan fingerprint density at radius 2 is 1.90 bits per heavy atom. The number of aliphatic hydroxyl groups excluding tert-OH is 1. The third kappa shape index (κ3) is 7.49. The Hall–Kier alpha value is -3.45. The van der Waals surface area contributed by atoms with E-state index in [1.807, 2.05) is 12.1 Å². The molecule has 0 amide bonds. The van der Waals surface area contributed by atoms with E-state index in [0.29, 0.717) is 50.6 Å². The summed E-state index contributed by atoms with van der Waals surface area (Å²) in [6.45, 7) is 2.17. The van der Waals surface area contributed by atoms with Crippen LogP contribution < -0.4 is 9.47 Å². The average molecular weight is 617 g/mol. The number of pyridine rings is 1. The van der Waals surface area contributed by atoms with E-state index < -0.39 is 5.97 Å². The number of aromatic carboxylic acids is 1. The van der Waals surface area contributed by atoms with Crippen molar-refractivity contribution in [3.8, 4) is 11.5 Å². The lowest BCUT2D eigenvalue weighted by molar-refractivity contribution is -0.123. The van der Waals surface area contributed by atoms with Gasteiger partial charge in [0.25, 0.3) is 0 Å². The highest BCUT2D eigenvalue weighted by molar-refractivity contribution is 6.35. The van der Waals surface area contributed by atoms with E-state index in [9.17, 15) is 20.2 Å². The second-order valence-electron chi connectivity index (χ2n) is 10.00. The number of carboxylic acid groups (broad SMARTS) is 1. The highest BCUT2D eigenvalue weighted by Gasteiger charge is 2.24. The smallest absolute Gasteiger partial charge is 0.335 e. The molecular formula is C29H31Cl2N5O6. The van der Waals surface area contributed by atoms with Crippen LogP contribution in [0.3, 0.4) is 0 Å². The molecule has 0 unspecified atom stereocenters. The van der Waals surface area contributed by atoms with Crippen molar-refractivity contribution in [2.45, 2.75) is 38.8 Å². The number of halogens is 2. The molecule has 0 spiro atoms. The Labute approximate surface area is 252 Å². The maximum Gasteiger partial charge on any atom is 0.335 e.